The normalized spacial score (nSPS) is 11.9. The zero-order valence-corrected chi connectivity index (χ0v) is 20.2. The largest absolute Gasteiger partial charge is 0.435 e. The third-order valence-electron chi connectivity index (χ3n) is 4.94. The second-order valence-electron chi connectivity index (χ2n) is 7.51. The van der Waals surface area contributed by atoms with Crippen LogP contribution >= 0.6 is 9.24 Å². The zero-order valence-electron chi connectivity index (χ0n) is 18.2. The van der Waals surface area contributed by atoms with Crippen LogP contribution in [0.4, 0.5) is 13.2 Å². The number of ketones is 1. The minimum Gasteiger partial charge on any atom is -0.356 e. The average molecular weight is 526 g/mol. The maximum Gasteiger partial charge on any atom is 0.435 e. The van der Waals surface area contributed by atoms with Crippen molar-refractivity contribution in [2.45, 2.75) is 23.9 Å². The lowest BCUT2D eigenvalue weighted by atomic mass is 10.0. The fraction of sp³-hybridized carbons (Fsp3) is 0.227. The number of amides is 1. The van der Waals surface area contributed by atoms with Gasteiger partial charge >= 0.3 is 6.18 Å². The van der Waals surface area contributed by atoms with Crippen LogP contribution in [0, 0.1) is 0 Å². The number of alkyl halides is 3. The molecule has 1 atom stereocenters. The predicted octanol–water partition coefficient (Wildman–Crippen LogP) is 3.16. The van der Waals surface area contributed by atoms with E-state index in [4.69, 9.17) is 5.14 Å². The third kappa shape index (κ3) is 6.74. The fourth-order valence-corrected chi connectivity index (χ4v) is 3.88. The number of hydrogen-bond acceptors (Lipinski definition) is 5. The summed E-state index contributed by atoms with van der Waals surface area (Å²) in [5, 5.41) is 11.4. The SMILES string of the molecule is NS(=O)(=O)c1ccc(-n2nc(C(F)(F)F)cc2-c2cccc(C(=O)CCC(=O)NCCP)c2)cc1. The monoisotopic (exact) mass is 526 g/mol. The van der Waals surface area contributed by atoms with E-state index in [0.717, 1.165) is 22.9 Å². The van der Waals surface area contributed by atoms with Crippen molar-refractivity contribution in [2.24, 2.45) is 5.14 Å². The highest BCUT2D eigenvalue weighted by Crippen LogP contribution is 2.33. The minimum atomic E-state index is -4.74. The van der Waals surface area contributed by atoms with Gasteiger partial charge < -0.3 is 5.32 Å². The molecule has 0 fully saturated rings. The summed E-state index contributed by atoms with van der Waals surface area (Å²) in [5.41, 5.74) is -0.460. The first-order valence-corrected chi connectivity index (χ1v) is 12.7. The number of nitrogens with zero attached hydrogens (tertiary/aromatic N) is 2. The molecular weight excluding hydrogens is 504 g/mol. The molecule has 0 radical (unpaired) electrons. The number of carbonyl (C=O) groups excluding carboxylic acids is 2. The van der Waals surface area contributed by atoms with Gasteiger partial charge in [0.2, 0.25) is 15.9 Å². The Morgan fingerprint density at radius 1 is 1.06 bits per heavy atom. The first-order chi connectivity index (χ1) is 16.4. The number of benzene rings is 2. The van der Waals surface area contributed by atoms with E-state index in [2.05, 4.69) is 19.7 Å². The summed E-state index contributed by atoms with van der Waals surface area (Å²) in [6.45, 7) is 0.469. The van der Waals surface area contributed by atoms with Gasteiger partial charge in [-0.05, 0) is 42.6 Å². The average Bonchev–Trinajstić information content (AvgIpc) is 3.27. The quantitative estimate of drug-likeness (QED) is 0.328. The molecule has 186 valence electrons. The Bertz CT molecular complexity index is 1340. The maximum atomic E-state index is 13.4. The van der Waals surface area contributed by atoms with Crippen LogP contribution in [-0.2, 0) is 21.0 Å². The third-order valence-corrected chi connectivity index (χ3v) is 6.15. The molecule has 3 N–H and O–H groups in total. The first kappa shape index (κ1) is 26.5. The van der Waals surface area contributed by atoms with Crippen LogP contribution < -0.4 is 10.5 Å². The first-order valence-electron chi connectivity index (χ1n) is 10.3. The van der Waals surface area contributed by atoms with Gasteiger partial charge in [0, 0.05) is 30.5 Å². The maximum absolute atomic E-state index is 13.4. The molecule has 0 aliphatic heterocycles. The molecule has 2 aromatic carbocycles. The van der Waals surface area contributed by atoms with Gasteiger partial charge in [-0.2, -0.15) is 18.3 Å². The van der Waals surface area contributed by atoms with E-state index < -0.39 is 21.9 Å². The number of rotatable bonds is 9. The summed E-state index contributed by atoms with van der Waals surface area (Å²) in [4.78, 5) is 24.2. The van der Waals surface area contributed by atoms with Gasteiger partial charge in [0.15, 0.2) is 11.5 Å². The van der Waals surface area contributed by atoms with Crippen molar-refractivity contribution < 1.29 is 31.2 Å². The van der Waals surface area contributed by atoms with E-state index in [1.165, 1.54) is 36.4 Å². The summed E-state index contributed by atoms with van der Waals surface area (Å²) in [5.74, 6) is -0.611. The molecule has 0 bridgehead atoms. The van der Waals surface area contributed by atoms with E-state index in [1.807, 2.05) is 0 Å². The minimum absolute atomic E-state index is 0.0136. The van der Waals surface area contributed by atoms with Crippen LogP contribution in [0.1, 0.15) is 28.9 Å². The highest BCUT2D eigenvalue weighted by molar-refractivity contribution is 7.89. The molecule has 0 aliphatic rings. The number of Topliss-reactive ketones (excluding diaryl/α,β-unsaturated/α-hetero) is 1. The van der Waals surface area contributed by atoms with E-state index in [0.29, 0.717) is 12.7 Å². The Labute approximate surface area is 202 Å². The summed E-state index contributed by atoms with van der Waals surface area (Å²) in [6, 6.07) is 11.7. The van der Waals surface area contributed by atoms with Gasteiger partial charge in [-0.15, -0.1) is 9.24 Å². The van der Waals surface area contributed by atoms with Crippen LogP contribution in [0.25, 0.3) is 16.9 Å². The molecular formula is C22H22F3N4O4PS. The van der Waals surface area contributed by atoms with Crippen molar-refractivity contribution in [1.82, 2.24) is 15.1 Å². The second-order valence-corrected chi connectivity index (χ2v) is 9.64. The molecule has 0 saturated carbocycles. The smallest absolute Gasteiger partial charge is 0.356 e. The number of halogens is 3. The molecule has 1 amide bonds. The van der Waals surface area contributed by atoms with Gasteiger partial charge in [-0.1, -0.05) is 18.2 Å². The van der Waals surface area contributed by atoms with Crippen molar-refractivity contribution in [3.8, 4) is 16.9 Å². The Balaban J connectivity index is 1.96. The topological polar surface area (TPSA) is 124 Å². The lowest BCUT2D eigenvalue weighted by molar-refractivity contribution is -0.141. The summed E-state index contributed by atoms with van der Waals surface area (Å²) in [6.07, 6.45) is -4.13. The number of nitrogens with two attached hydrogens (primary N) is 1. The van der Waals surface area contributed by atoms with Crippen molar-refractivity contribution >= 4 is 31.0 Å². The van der Waals surface area contributed by atoms with Crippen LogP contribution in [0.15, 0.2) is 59.5 Å². The second kappa shape index (κ2) is 10.7. The van der Waals surface area contributed by atoms with Crippen molar-refractivity contribution in [3.63, 3.8) is 0 Å². The molecule has 1 aromatic heterocycles. The molecule has 3 rings (SSSR count). The van der Waals surface area contributed by atoms with Gasteiger partial charge in [0.25, 0.3) is 0 Å². The van der Waals surface area contributed by atoms with E-state index in [1.54, 1.807) is 0 Å². The number of primary sulfonamides is 1. The summed E-state index contributed by atoms with van der Waals surface area (Å²) < 4.78 is 64.3. The predicted molar refractivity (Wildman–Crippen MR) is 127 cm³/mol. The van der Waals surface area contributed by atoms with Crippen molar-refractivity contribution in [1.29, 1.82) is 0 Å². The highest BCUT2D eigenvalue weighted by atomic mass is 32.2. The van der Waals surface area contributed by atoms with Crippen molar-refractivity contribution in [3.05, 3.63) is 65.9 Å². The molecule has 3 aromatic rings. The number of sulfonamides is 1. The number of nitrogens with one attached hydrogen (secondary N) is 1. The van der Waals surface area contributed by atoms with Gasteiger partial charge in [-0.3, -0.25) is 9.59 Å². The van der Waals surface area contributed by atoms with Crippen LogP contribution in [0.5, 0.6) is 0 Å². The Hall–Kier alpha value is -3.08. The van der Waals surface area contributed by atoms with E-state index >= 15 is 0 Å². The standard InChI is InChI=1S/C22H22F3N4O4PS/c23-22(24,25)20-13-18(29(28-20)16-4-6-17(7-5-16)35(26,32)33)14-2-1-3-15(12-14)19(30)8-9-21(31)27-10-11-34/h1-7,12-13H,8-11,34H2,(H,27,31)(H2,26,32,33). The van der Waals surface area contributed by atoms with Gasteiger partial charge in [-0.25, -0.2) is 18.2 Å². The lowest BCUT2D eigenvalue weighted by Gasteiger charge is -2.10. The molecule has 0 aliphatic carbocycles. The molecule has 0 spiro atoms. The Morgan fingerprint density at radius 2 is 1.74 bits per heavy atom. The van der Waals surface area contributed by atoms with E-state index in [9.17, 15) is 31.2 Å². The van der Waals surface area contributed by atoms with Crippen LogP contribution in [0.3, 0.4) is 0 Å². The number of hydrogen-bond donors (Lipinski definition) is 2. The molecule has 0 saturated heterocycles. The van der Waals surface area contributed by atoms with Crippen LogP contribution in [-0.4, -0.2) is 42.6 Å². The Kier molecular flexibility index (Phi) is 8.09. The number of aromatic nitrogens is 2. The molecule has 1 unspecified atom stereocenters. The van der Waals surface area contributed by atoms with Crippen LogP contribution in [0.2, 0.25) is 0 Å². The molecule has 1 heterocycles. The zero-order chi connectivity index (χ0) is 25.8. The molecule has 35 heavy (non-hydrogen) atoms. The van der Waals surface area contributed by atoms with Gasteiger partial charge in [0.05, 0.1) is 16.3 Å². The van der Waals surface area contributed by atoms with E-state index in [-0.39, 0.29) is 51.9 Å². The lowest BCUT2D eigenvalue weighted by Crippen LogP contribution is -2.25. The highest BCUT2D eigenvalue weighted by Gasteiger charge is 2.35. The van der Waals surface area contributed by atoms with Gasteiger partial charge in [0.1, 0.15) is 0 Å². The molecule has 8 nitrogen and oxygen atoms in total. The Morgan fingerprint density at radius 3 is 2.34 bits per heavy atom. The molecule has 13 heteroatoms. The summed E-state index contributed by atoms with van der Waals surface area (Å²) >= 11 is 0. The number of carbonyl (C=O) groups is 2. The fourth-order valence-electron chi connectivity index (χ4n) is 3.22. The summed E-state index contributed by atoms with van der Waals surface area (Å²) in [7, 11) is -1.52. The van der Waals surface area contributed by atoms with Crippen molar-refractivity contribution in [2.75, 3.05) is 12.7 Å².